The van der Waals surface area contributed by atoms with Crippen molar-refractivity contribution in [1.82, 2.24) is 14.7 Å². The van der Waals surface area contributed by atoms with Crippen molar-refractivity contribution in [2.24, 2.45) is 11.1 Å². The number of carbonyl (C=O) groups is 3. The number of carboxylic acid groups (broad SMARTS) is 1. The first-order valence-electron chi connectivity index (χ1n) is 11.2. The number of amidine groups is 1. The van der Waals surface area contributed by atoms with E-state index in [1.54, 1.807) is 4.90 Å². The molecule has 2 fully saturated rings. The summed E-state index contributed by atoms with van der Waals surface area (Å²) < 4.78 is 0. The molecule has 0 spiro atoms. The molecule has 1 aromatic rings. The first kappa shape index (κ1) is 22.9. The number of piperazine rings is 1. The zero-order valence-corrected chi connectivity index (χ0v) is 18.7. The van der Waals surface area contributed by atoms with Gasteiger partial charge in [-0.15, -0.1) is 0 Å². The van der Waals surface area contributed by atoms with Crippen molar-refractivity contribution in [3.8, 4) is 0 Å². The van der Waals surface area contributed by atoms with Crippen molar-refractivity contribution in [1.29, 1.82) is 5.41 Å². The lowest BCUT2D eigenvalue weighted by molar-refractivity contribution is -0.152. The average Bonchev–Trinajstić information content (AvgIpc) is 3.33. The summed E-state index contributed by atoms with van der Waals surface area (Å²) in [7, 11) is 2.08. The third-order valence-electron chi connectivity index (χ3n) is 6.64. The second-order valence-electron chi connectivity index (χ2n) is 8.82. The van der Waals surface area contributed by atoms with Crippen molar-refractivity contribution in [3.63, 3.8) is 0 Å². The van der Waals surface area contributed by atoms with Gasteiger partial charge in [0.25, 0.3) is 5.91 Å². The zero-order chi connectivity index (χ0) is 23.5. The smallest absolute Gasteiger partial charge is 0.372 e. The Labute approximate surface area is 192 Å². The number of rotatable bonds is 5. The number of likely N-dealkylation sites (N-methyl/N-ethyl adjacent to an activating group) is 1. The fourth-order valence-corrected chi connectivity index (χ4v) is 4.45. The number of Topliss-reactive ketones (excluding diaryl/α,β-unsaturated/α-hetero) is 1. The van der Waals surface area contributed by atoms with Gasteiger partial charge in [0.1, 0.15) is 5.84 Å². The van der Waals surface area contributed by atoms with Gasteiger partial charge in [0.05, 0.1) is 5.71 Å². The van der Waals surface area contributed by atoms with E-state index in [0.717, 1.165) is 37.3 Å². The Kier molecular flexibility index (Phi) is 6.73. The van der Waals surface area contributed by atoms with E-state index in [-0.39, 0.29) is 5.91 Å². The number of hydrogen-bond donors (Lipinski definition) is 2. The normalized spacial score (nSPS) is 22.0. The maximum atomic E-state index is 12.8. The Morgan fingerprint density at radius 1 is 1.00 bits per heavy atom. The fraction of sp³-hybridized carbons (Fsp3) is 0.522. The van der Waals surface area contributed by atoms with Crippen molar-refractivity contribution >= 4 is 29.2 Å². The van der Waals surface area contributed by atoms with Crippen LogP contribution < -0.4 is 0 Å². The molecule has 1 aromatic carbocycles. The highest BCUT2D eigenvalue weighted by atomic mass is 16.6. The van der Waals surface area contributed by atoms with Gasteiger partial charge in [-0.05, 0) is 25.5 Å². The van der Waals surface area contributed by atoms with Crippen LogP contribution in [0.15, 0.2) is 29.4 Å². The third kappa shape index (κ3) is 5.05. The number of ketones is 1. The molecule has 33 heavy (non-hydrogen) atoms. The number of nitrogens with zero attached hydrogens (tertiary/aromatic N) is 4. The Balaban J connectivity index is 1.30. The lowest BCUT2D eigenvalue weighted by Crippen LogP contribution is -2.47. The lowest BCUT2D eigenvalue weighted by Gasteiger charge is -2.34. The highest BCUT2D eigenvalue weighted by Crippen LogP contribution is 2.23. The molecule has 4 rings (SSSR count). The molecule has 3 heterocycles. The Morgan fingerprint density at radius 2 is 1.64 bits per heavy atom. The van der Waals surface area contributed by atoms with Gasteiger partial charge in [-0.1, -0.05) is 29.4 Å². The highest BCUT2D eigenvalue weighted by molar-refractivity contribution is 6.33. The van der Waals surface area contributed by atoms with Crippen LogP contribution in [0.25, 0.3) is 0 Å². The number of piperidine rings is 1. The van der Waals surface area contributed by atoms with Crippen molar-refractivity contribution in [2.45, 2.75) is 25.4 Å². The molecule has 3 aliphatic heterocycles. The Hall–Kier alpha value is -3.27. The first-order valence-corrected chi connectivity index (χ1v) is 11.2. The summed E-state index contributed by atoms with van der Waals surface area (Å²) in [5.41, 5.74) is 2.38. The number of benzene rings is 1. The predicted molar refractivity (Wildman–Crippen MR) is 120 cm³/mol. The van der Waals surface area contributed by atoms with E-state index in [1.807, 2.05) is 24.3 Å². The van der Waals surface area contributed by atoms with E-state index in [9.17, 15) is 14.4 Å². The first-order chi connectivity index (χ1) is 15.8. The number of aliphatic carboxylic acids is 1. The largest absolute Gasteiger partial charge is 0.475 e. The summed E-state index contributed by atoms with van der Waals surface area (Å²) >= 11 is 0. The number of nitrogens with one attached hydrogen (secondary N) is 1. The van der Waals surface area contributed by atoms with Gasteiger partial charge in [-0.3, -0.25) is 15.0 Å². The monoisotopic (exact) mass is 455 g/mol. The van der Waals surface area contributed by atoms with E-state index < -0.39 is 23.8 Å². The summed E-state index contributed by atoms with van der Waals surface area (Å²) in [6, 6.07) is 7.60. The SMILES string of the molecule is CN1CCN(C(=N)c2ccc(C3=NOC(C(=O)N4CCC(C(=O)C(=O)O)CC4)C3)cc2)CC1. The van der Waals surface area contributed by atoms with E-state index in [2.05, 4.69) is 22.0 Å². The van der Waals surface area contributed by atoms with Crippen LogP contribution in [0.4, 0.5) is 0 Å². The zero-order valence-electron chi connectivity index (χ0n) is 18.7. The van der Waals surface area contributed by atoms with E-state index in [4.69, 9.17) is 15.4 Å². The standard InChI is InChI=1S/C23H29N5O5/c1-26-10-12-27(13-11-26)21(24)17-4-2-15(3-5-17)18-14-19(33-25-18)22(30)28-8-6-16(7-9-28)20(29)23(31)32/h2-5,16,19,24H,6-14H2,1H3,(H,31,32). The minimum Gasteiger partial charge on any atom is -0.475 e. The van der Waals surface area contributed by atoms with Crippen LogP contribution in [0.3, 0.4) is 0 Å². The summed E-state index contributed by atoms with van der Waals surface area (Å²) in [5, 5.41) is 21.5. The second kappa shape index (κ2) is 9.70. The molecule has 1 amide bonds. The maximum absolute atomic E-state index is 12.8. The molecule has 1 atom stereocenters. The van der Waals surface area contributed by atoms with Crippen LogP contribution in [0.2, 0.25) is 0 Å². The number of carbonyl (C=O) groups excluding carboxylic acids is 2. The van der Waals surface area contributed by atoms with E-state index >= 15 is 0 Å². The van der Waals surface area contributed by atoms with Gasteiger partial charge in [0, 0.05) is 57.2 Å². The number of oxime groups is 1. The van der Waals surface area contributed by atoms with E-state index in [1.165, 1.54) is 0 Å². The summed E-state index contributed by atoms with van der Waals surface area (Å²) in [4.78, 5) is 46.7. The minimum absolute atomic E-state index is 0.191. The van der Waals surface area contributed by atoms with Crippen LogP contribution in [0.1, 0.15) is 30.4 Å². The summed E-state index contributed by atoms with van der Waals surface area (Å²) in [5.74, 6) is -2.41. The molecule has 3 aliphatic rings. The average molecular weight is 456 g/mol. The number of likely N-dealkylation sites (tertiary alicyclic amines) is 1. The topological polar surface area (TPSA) is 127 Å². The molecule has 10 nitrogen and oxygen atoms in total. The molecule has 0 radical (unpaired) electrons. The minimum atomic E-state index is -1.42. The third-order valence-corrected chi connectivity index (χ3v) is 6.64. The van der Waals surface area contributed by atoms with E-state index in [0.29, 0.717) is 43.9 Å². The van der Waals surface area contributed by atoms with Crippen molar-refractivity contribution in [3.05, 3.63) is 35.4 Å². The number of carboxylic acids is 1. The predicted octanol–water partition coefficient (Wildman–Crippen LogP) is 0.645. The molecule has 10 heteroatoms. The fourth-order valence-electron chi connectivity index (χ4n) is 4.45. The molecular formula is C23H29N5O5. The molecule has 176 valence electrons. The highest BCUT2D eigenvalue weighted by Gasteiger charge is 2.36. The van der Waals surface area contributed by atoms with Gasteiger partial charge in [0.15, 0.2) is 0 Å². The van der Waals surface area contributed by atoms with Crippen molar-refractivity contribution < 1.29 is 24.3 Å². The van der Waals surface area contributed by atoms with Crippen LogP contribution in [-0.2, 0) is 19.2 Å². The molecule has 0 aliphatic carbocycles. The molecule has 0 aromatic heterocycles. The molecule has 0 bridgehead atoms. The molecular weight excluding hydrogens is 426 g/mol. The van der Waals surface area contributed by atoms with Gasteiger partial charge in [-0.2, -0.15) is 0 Å². The van der Waals surface area contributed by atoms with Gasteiger partial charge in [-0.25, -0.2) is 4.79 Å². The maximum Gasteiger partial charge on any atom is 0.372 e. The molecule has 2 N–H and O–H groups in total. The number of amides is 1. The Morgan fingerprint density at radius 3 is 2.24 bits per heavy atom. The van der Waals surface area contributed by atoms with Gasteiger partial charge >= 0.3 is 5.97 Å². The summed E-state index contributed by atoms with van der Waals surface area (Å²) in [6.45, 7) is 4.23. The van der Waals surface area contributed by atoms with Crippen molar-refractivity contribution in [2.75, 3.05) is 46.3 Å². The molecule has 0 saturated carbocycles. The van der Waals surface area contributed by atoms with Crippen LogP contribution in [0.5, 0.6) is 0 Å². The molecule has 2 saturated heterocycles. The quantitative estimate of drug-likeness (QED) is 0.379. The van der Waals surface area contributed by atoms with Crippen LogP contribution in [0, 0.1) is 11.3 Å². The summed E-state index contributed by atoms with van der Waals surface area (Å²) in [6.07, 6.45) is 0.327. The Bertz CT molecular complexity index is 960. The van der Waals surface area contributed by atoms with Gasteiger partial charge in [0.2, 0.25) is 11.9 Å². The van der Waals surface area contributed by atoms with Gasteiger partial charge < -0.3 is 24.6 Å². The molecule has 1 unspecified atom stereocenters. The number of hydrogen-bond acceptors (Lipinski definition) is 7. The van der Waals surface area contributed by atoms with Crippen LogP contribution >= 0.6 is 0 Å². The second-order valence-corrected chi connectivity index (χ2v) is 8.82. The van der Waals surface area contributed by atoms with Crippen LogP contribution in [-0.4, -0.2) is 101 Å². The lowest BCUT2D eigenvalue weighted by atomic mass is 9.92.